The monoisotopic (exact) mass is 307 g/mol. The van der Waals surface area contributed by atoms with Crippen LogP contribution in [0.2, 0.25) is 0 Å². The normalized spacial score (nSPS) is 31.0. The molecule has 0 aromatic carbocycles. The molecule has 4 rings (SSSR count). The van der Waals surface area contributed by atoms with Gasteiger partial charge in [0.1, 0.15) is 5.82 Å². The number of aliphatic carboxylic acids is 1. The van der Waals surface area contributed by atoms with Crippen LogP contribution in [0.4, 0.5) is 0 Å². The summed E-state index contributed by atoms with van der Waals surface area (Å²) in [4.78, 5) is 10.8. The predicted molar refractivity (Wildman–Crippen MR) is 79.3 cm³/mol. The zero-order valence-corrected chi connectivity index (χ0v) is 12.9. The smallest absolute Gasteiger partial charge is 0.313 e. The number of hydrogen-bond acceptors (Lipinski definition) is 4. The van der Waals surface area contributed by atoms with E-state index in [1.54, 1.807) is 0 Å². The molecule has 6 heteroatoms. The lowest BCUT2D eigenvalue weighted by molar-refractivity contribution is -0.133. The van der Waals surface area contributed by atoms with E-state index in [9.17, 15) is 4.79 Å². The Bertz CT molecular complexity index is 555. The molecule has 0 amide bonds. The largest absolute Gasteiger partial charge is 0.481 e. The van der Waals surface area contributed by atoms with E-state index in [1.165, 1.54) is 50.3 Å². The number of aromatic nitrogens is 3. The molecule has 0 spiro atoms. The molecule has 1 N–H and O–H groups in total. The molecule has 2 bridgehead atoms. The maximum absolute atomic E-state index is 10.8. The predicted octanol–water partition coefficient (Wildman–Crippen LogP) is 2.77. The van der Waals surface area contributed by atoms with Gasteiger partial charge in [-0.2, -0.15) is 0 Å². The molecule has 1 heterocycles. The van der Waals surface area contributed by atoms with Crippen LogP contribution in [0.15, 0.2) is 5.16 Å². The van der Waals surface area contributed by atoms with Crippen molar-refractivity contribution in [1.29, 1.82) is 0 Å². The summed E-state index contributed by atoms with van der Waals surface area (Å²) in [6, 6.07) is 0.518. The van der Waals surface area contributed by atoms with E-state index in [-0.39, 0.29) is 5.75 Å². The van der Waals surface area contributed by atoms with Crippen LogP contribution in [-0.2, 0) is 11.2 Å². The number of nitrogens with zero attached hydrogens (tertiary/aromatic N) is 3. The summed E-state index contributed by atoms with van der Waals surface area (Å²) in [5.74, 6) is 3.01. The minimum absolute atomic E-state index is 0.0684. The molecule has 5 nitrogen and oxygen atoms in total. The van der Waals surface area contributed by atoms with Crippen molar-refractivity contribution in [2.75, 3.05) is 5.75 Å². The second-order valence-corrected chi connectivity index (χ2v) is 7.76. The molecule has 3 unspecified atom stereocenters. The van der Waals surface area contributed by atoms with Crippen molar-refractivity contribution in [3.63, 3.8) is 0 Å². The first-order valence-corrected chi connectivity index (χ1v) is 8.97. The van der Waals surface area contributed by atoms with Crippen LogP contribution in [-0.4, -0.2) is 31.6 Å². The van der Waals surface area contributed by atoms with E-state index >= 15 is 0 Å². The molecule has 3 fully saturated rings. The van der Waals surface area contributed by atoms with Crippen LogP contribution >= 0.6 is 11.8 Å². The van der Waals surface area contributed by atoms with Gasteiger partial charge in [0.05, 0.1) is 5.75 Å². The Morgan fingerprint density at radius 1 is 1.24 bits per heavy atom. The van der Waals surface area contributed by atoms with Gasteiger partial charge in [-0.05, 0) is 49.9 Å². The number of carbonyl (C=O) groups is 1. The first kappa shape index (κ1) is 13.6. The number of carboxylic acids is 1. The molecular formula is C15H21N3O2S. The van der Waals surface area contributed by atoms with Gasteiger partial charge in [0.25, 0.3) is 0 Å². The minimum Gasteiger partial charge on any atom is -0.481 e. The lowest BCUT2D eigenvalue weighted by atomic mass is 9.86. The molecule has 0 radical (unpaired) electrons. The molecule has 114 valence electrons. The van der Waals surface area contributed by atoms with E-state index in [2.05, 4.69) is 14.8 Å². The quantitative estimate of drug-likeness (QED) is 0.819. The summed E-state index contributed by atoms with van der Waals surface area (Å²) in [6.07, 6.45) is 9.01. The van der Waals surface area contributed by atoms with Gasteiger partial charge in [0.2, 0.25) is 0 Å². The summed E-state index contributed by atoms with van der Waals surface area (Å²) in [5.41, 5.74) is 0. The van der Waals surface area contributed by atoms with Crippen molar-refractivity contribution in [3.8, 4) is 0 Å². The fourth-order valence-electron chi connectivity index (χ4n) is 4.23. The lowest BCUT2D eigenvalue weighted by Crippen LogP contribution is -2.16. The minimum atomic E-state index is -0.792. The molecule has 3 atom stereocenters. The lowest BCUT2D eigenvalue weighted by Gasteiger charge is -2.21. The Balaban J connectivity index is 1.50. The van der Waals surface area contributed by atoms with Gasteiger partial charge in [0.15, 0.2) is 5.16 Å². The average molecular weight is 307 g/mol. The van der Waals surface area contributed by atoms with E-state index in [0.717, 1.165) is 35.2 Å². The second kappa shape index (κ2) is 5.30. The van der Waals surface area contributed by atoms with Gasteiger partial charge in [-0.15, -0.1) is 10.2 Å². The molecule has 3 saturated carbocycles. The summed E-state index contributed by atoms with van der Waals surface area (Å²) in [7, 11) is 0. The van der Waals surface area contributed by atoms with E-state index < -0.39 is 5.97 Å². The third kappa shape index (κ3) is 2.70. The Hall–Kier alpha value is -1.04. The third-order valence-corrected chi connectivity index (χ3v) is 6.23. The number of thioether (sulfide) groups is 1. The Labute approximate surface area is 128 Å². The van der Waals surface area contributed by atoms with Gasteiger partial charge in [-0.1, -0.05) is 18.2 Å². The maximum Gasteiger partial charge on any atom is 0.313 e. The first-order valence-electron chi connectivity index (χ1n) is 7.99. The topological polar surface area (TPSA) is 68.0 Å². The van der Waals surface area contributed by atoms with Crippen molar-refractivity contribution in [1.82, 2.24) is 14.8 Å². The van der Waals surface area contributed by atoms with Crippen LogP contribution in [0.1, 0.15) is 50.4 Å². The summed E-state index contributed by atoms with van der Waals surface area (Å²) >= 11 is 1.31. The Kier molecular flexibility index (Phi) is 3.44. The van der Waals surface area contributed by atoms with Crippen molar-refractivity contribution in [2.45, 2.75) is 56.1 Å². The Morgan fingerprint density at radius 2 is 2.10 bits per heavy atom. The van der Waals surface area contributed by atoms with E-state index in [1.807, 2.05) is 0 Å². The highest BCUT2D eigenvalue weighted by atomic mass is 32.2. The van der Waals surface area contributed by atoms with Crippen molar-refractivity contribution in [3.05, 3.63) is 5.82 Å². The highest BCUT2D eigenvalue weighted by Gasteiger charge is 2.40. The molecule has 0 aliphatic heterocycles. The number of hydrogen-bond donors (Lipinski definition) is 1. The zero-order valence-electron chi connectivity index (χ0n) is 12.1. The maximum atomic E-state index is 10.8. The second-order valence-electron chi connectivity index (χ2n) is 6.82. The first-order chi connectivity index (χ1) is 10.2. The molecule has 3 aliphatic rings. The van der Waals surface area contributed by atoms with Gasteiger partial charge in [0, 0.05) is 12.5 Å². The fourth-order valence-corrected chi connectivity index (χ4v) is 4.98. The van der Waals surface area contributed by atoms with Crippen LogP contribution in [0.25, 0.3) is 0 Å². The third-order valence-electron chi connectivity index (χ3n) is 5.30. The fraction of sp³-hybridized carbons (Fsp3) is 0.800. The van der Waals surface area contributed by atoms with Crippen molar-refractivity contribution >= 4 is 17.7 Å². The summed E-state index contributed by atoms with van der Waals surface area (Å²) < 4.78 is 2.24. The number of carboxylic acid groups (broad SMARTS) is 1. The van der Waals surface area contributed by atoms with Gasteiger partial charge in [-0.25, -0.2) is 0 Å². The molecular weight excluding hydrogens is 286 g/mol. The summed E-state index contributed by atoms with van der Waals surface area (Å²) in [6.45, 7) is 0. The Morgan fingerprint density at radius 3 is 2.71 bits per heavy atom. The van der Waals surface area contributed by atoms with Gasteiger partial charge in [-0.3, -0.25) is 4.79 Å². The van der Waals surface area contributed by atoms with Crippen molar-refractivity contribution < 1.29 is 9.90 Å². The van der Waals surface area contributed by atoms with Crippen LogP contribution < -0.4 is 0 Å². The molecule has 21 heavy (non-hydrogen) atoms. The van der Waals surface area contributed by atoms with Crippen LogP contribution in [0.5, 0.6) is 0 Å². The standard InChI is InChI=1S/C15H21N3O2S/c19-14(20)8-21-15-17-16-13(18(15)12-3-4-12)7-11-6-9-1-2-10(11)5-9/h9-12H,1-8H2,(H,19,20). The SMILES string of the molecule is O=C(O)CSc1nnc(CC2CC3CCC2C3)n1C1CC1. The molecule has 3 aliphatic carbocycles. The van der Waals surface area contributed by atoms with E-state index in [4.69, 9.17) is 5.11 Å². The number of fused-ring (bicyclic) bond motifs is 2. The summed E-state index contributed by atoms with van der Waals surface area (Å²) in [5, 5.41) is 18.3. The highest BCUT2D eigenvalue weighted by Crippen LogP contribution is 2.49. The number of rotatable bonds is 6. The van der Waals surface area contributed by atoms with Crippen LogP contribution in [0, 0.1) is 17.8 Å². The average Bonchev–Trinajstić information content (AvgIpc) is 2.91. The van der Waals surface area contributed by atoms with Gasteiger partial charge < -0.3 is 9.67 Å². The van der Waals surface area contributed by atoms with Crippen molar-refractivity contribution in [2.24, 2.45) is 17.8 Å². The zero-order chi connectivity index (χ0) is 14.4. The molecule has 1 aromatic heterocycles. The van der Waals surface area contributed by atoms with Gasteiger partial charge >= 0.3 is 5.97 Å². The van der Waals surface area contributed by atoms with E-state index in [0.29, 0.717) is 6.04 Å². The molecule has 1 aromatic rings. The highest BCUT2D eigenvalue weighted by molar-refractivity contribution is 7.99. The van der Waals surface area contributed by atoms with Crippen LogP contribution in [0.3, 0.4) is 0 Å². The molecule has 0 saturated heterocycles.